The first-order valence-corrected chi connectivity index (χ1v) is 4.96. The van der Waals surface area contributed by atoms with Crippen LogP contribution >= 0.6 is 11.3 Å². The van der Waals surface area contributed by atoms with Crippen LogP contribution in [0.2, 0.25) is 0 Å². The number of fused-ring (bicyclic) bond motifs is 1. The van der Waals surface area contributed by atoms with Gasteiger partial charge >= 0.3 is 0 Å². The fraction of sp³-hybridized carbons (Fsp3) is 0.100. The van der Waals surface area contributed by atoms with Crippen molar-refractivity contribution in [3.63, 3.8) is 0 Å². The Morgan fingerprint density at radius 3 is 3.21 bits per heavy atom. The Labute approximate surface area is 85.9 Å². The van der Waals surface area contributed by atoms with Crippen molar-refractivity contribution in [2.75, 3.05) is 0 Å². The summed E-state index contributed by atoms with van der Waals surface area (Å²) in [5.74, 6) is 0. The molecule has 0 aromatic carbocycles. The van der Waals surface area contributed by atoms with Gasteiger partial charge in [-0.05, 0) is 19.7 Å². The highest BCUT2D eigenvalue weighted by atomic mass is 32.1. The average molecular weight is 203 g/mol. The molecule has 2 heterocycles. The average Bonchev–Trinajstić information content (AvgIpc) is 2.51. The van der Waals surface area contributed by atoms with Gasteiger partial charge in [0, 0.05) is 22.7 Å². The number of aryl methyl sites for hydroxylation is 1. The Bertz CT molecular complexity index is 499. The first-order valence-electron chi connectivity index (χ1n) is 4.14. The van der Waals surface area contributed by atoms with E-state index in [1.54, 1.807) is 17.5 Å². The van der Waals surface area contributed by atoms with Gasteiger partial charge in [0.05, 0.1) is 10.4 Å². The van der Waals surface area contributed by atoms with Gasteiger partial charge in [-0.3, -0.25) is 9.98 Å². The molecule has 0 atom stereocenters. The lowest BCUT2D eigenvalue weighted by molar-refractivity contribution is 1.37. The second kappa shape index (κ2) is 3.67. The summed E-state index contributed by atoms with van der Waals surface area (Å²) in [6.45, 7) is 5.40. The number of aliphatic imine (C=N–C) groups is 2. The quantitative estimate of drug-likeness (QED) is 0.546. The van der Waals surface area contributed by atoms with Gasteiger partial charge in [0.2, 0.25) is 0 Å². The lowest BCUT2D eigenvalue weighted by Crippen LogP contribution is -1.69. The molecule has 0 aliphatic carbocycles. The number of pyridine rings is 1. The Hall–Kier alpha value is -1.55. The molecule has 4 heteroatoms. The van der Waals surface area contributed by atoms with Gasteiger partial charge in [0.15, 0.2) is 0 Å². The minimum atomic E-state index is 0.972. The third-order valence-corrected chi connectivity index (χ3v) is 2.95. The summed E-state index contributed by atoms with van der Waals surface area (Å²) in [6.07, 6.45) is 5.09. The molecule has 3 nitrogen and oxygen atoms in total. The molecule has 0 saturated carbocycles. The Kier molecular flexibility index (Phi) is 2.37. The smallest absolute Gasteiger partial charge is 0.115 e. The van der Waals surface area contributed by atoms with Crippen molar-refractivity contribution in [1.29, 1.82) is 0 Å². The molecule has 2 aromatic rings. The van der Waals surface area contributed by atoms with E-state index in [2.05, 4.69) is 21.7 Å². The second-order valence-corrected chi connectivity index (χ2v) is 4.06. The summed E-state index contributed by atoms with van der Waals surface area (Å²) < 4.78 is 1.15. The highest BCUT2D eigenvalue weighted by molar-refractivity contribution is 7.19. The Morgan fingerprint density at radius 2 is 2.43 bits per heavy atom. The highest BCUT2D eigenvalue weighted by Crippen LogP contribution is 2.36. The van der Waals surface area contributed by atoms with E-state index >= 15 is 0 Å². The van der Waals surface area contributed by atoms with Crippen molar-refractivity contribution in [3.8, 4) is 0 Å². The van der Waals surface area contributed by atoms with Crippen molar-refractivity contribution < 1.29 is 0 Å². The summed E-state index contributed by atoms with van der Waals surface area (Å²) in [7, 11) is 0. The summed E-state index contributed by atoms with van der Waals surface area (Å²) in [6, 6.07) is 1.97. The van der Waals surface area contributed by atoms with E-state index < -0.39 is 0 Å². The molecule has 0 fully saturated rings. The summed E-state index contributed by atoms with van der Waals surface area (Å²) in [5, 5.41) is 1.13. The molecule has 0 bridgehead atoms. The molecule has 0 amide bonds. The largest absolute Gasteiger partial charge is 0.263 e. The lowest BCUT2D eigenvalue weighted by atomic mass is 10.2. The molecule has 0 aliphatic rings. The van der Waals surface area contributed by atoms with Crippen LogP contribution in [-0.4, -0.2) is 18.0 Å². The molecule has 2 aromatic heterocycles. The van der Waals surface area contributed by atoms with Crippen molar-refractivity contribution in [2.45, 2.75) is 6.92 Å². The van der Waals surface area contributed by atoms with Crippen molar-refractivity contribution in [1.82, 2.24) is 4.98 Å². The van der Waals surface area contributed by atoms with E-state index in [0.717, 1.165) is 15.8 Å². The van der Waals surface area contributed by atoms with Gasteiger partial charge in [0.1, 0.15) is 6.34 Å². The Balaban J connectivity index is 2.67. The van der Waals surface area contributed by atoms with E-state index in [0.29, 0.717) is 0 Å². The zero-order valence-electron chi connectivity index (χ0n) is 7.77. The number of thiophene rings is 1. The molecule has 0 N–H and O–H groups in total. The zero-order valence-corrected chi connectivity index (χ0v) is 8.58. The van der Waals surface area contributed by atoms with Gasteiger partial charge in [-0.25, -0.2) is 4.99 Å². The van der Waals surface area contributed by atoms with Gasteiger partial charge in [-0.2, -0.15) is 0 Å². The number of nitrogens with zero attached hydrogens (tertiary/aromatic N) is 3. The monoisotopic (exact) mass is 203 g/mol. The first-order chi connectivity index (χ1) is 6.83. The normalized spacial score (nSPS) is 11.2. The van der Waals surface area contributed by atoms with E-state index in [1.165, 1.54) is 11.2 Å². The summed E-state index contributed by atoms with van der Waals surface area (Å²) in [5.41, 5.74) is 0.972. The maximum Gasteiger partial charge on any atom is 0.115 e. The van der Waals surface area contributed by atoms with Crippen molar-refractivity contribution in [3.05, 3.63) is 23.3 Å². The van der Waals surface area contributed by atoms with Crippen LogP contribution in [-0.2, 0) is 0 Å². The molecule has 0 saturated heterocycles. The summed E-state index contributed by atoms with van der Waals surface area (Å²) in [4.78, 5) is 13.1. The first kappa shape index (κ1) is 9.02. The fourth-order valence-corrected chi connectivity index (χ4v) is 2.30. The van der Waals surface area contributed by atoms with Gasteiger partial charge in [-0.15, -0.1) is 11.3 Å². The maximum atomic E-state index is 4.24. The van der Waals surface area contributed by atoms with E-state index in [-0.39, 0.29) is 0 Å². The third kappa shape index (κ3) is 1.44. The second-order valence-electron chi connectivity index (χ2n) is 2.81. The maximum absolute atomic E-state index is 4.24. The molecule has 0 spiro atoms. The van der Waals surface area contributed by atoms with Crippen LogP contribution in [0, 0.1) is 6.92 Å². The molecule has 70 valence electrons. The van der Waals surface area contributed by atoms with Gasteiger partial charge in [-0.1, -0.05) is 0 Å². The molecule has 0 unspecified atom stereocenters. The van der Waals surface area contributed by atoms with Crippen LogP contribution in [0.4, 0.5) is 5.69 Å². The van der Waals surface area contributed by atoms with Crippen LogP contribution in [0.25, 0.3) is 10.1 Å². The van der Waals surface area contributed by atoms with Crippen LogP contribution < -0.4 is 0 Å². The zero-order chi connectivity index (χ0) is 9.97. The fourth-order valence-electron chi connectivity index (χ4n) is 1.32. The number of aromatic nitrogens is 1. The molecule has 0 aliphatic heterocycles. The molecule has 0 radical (unpaired) electrons. The van der Waals surface area contributed by atoms with E-state index in [9.17, 15) is 0 Å². The minimum absolute atomic E-state index is 0.972. The summed E-state index contributed by atoms with van der Waals surface area (Å²) >= 11 is 1.69. The number of hydrogen-bond donors (Lipinski definition) is 0. The number of hydrogen-bond acceptors (Lipinski definition) is 3. The Morgan fingerprint density at radius 1 is 1.57 bits per heavy atom. The molecule has 14 heavy (non-hydrogen) atoms. The standard InChI is InChI=1S/C10H9N3S/c1-7-10(13-6-11-2)8-3-4-12-5-9(8)14-7/h3-6H,2H2,1H3. The topological polar surface area (TPSA) is 37.6 Å². The van der Waals surface area contributed by atoms with Gasteiger partial charge < -0.3 is 0 Å². The third-order valence-electron chi connectivity index (χ3n) is 1.90. The van der Waals surface area contributed by atoms with Crippen LogP contribution in [0.3, 0.4) is 0 Å². The van der Waals surface area contributed by atoms with Crippen molar-refractivity contribution >= 4 is 40.2 Å². The van der Waals surface area contributed by atoms with Gasteiger partial charge in [0.25, 0.3) is 0 Å². The predicted octanol–water partition coefficient (Wildman–Crippen LogP) is 2.97. The van der Waals surface area contributed by atoms with Crippen LogP contribution in [0.1, 0.15) is 4.88 Å². The van der Waals surface area contributed by atoms with E-state index in [1.807, 2.05) is 19.2 Å². The lowest BCUT2D eigenvalue weighted by Gasteiger charge is -1.90. The van der Waals surface area contributed by atoms with Crippen LogP contribution in [0.15, 0.2) is 28.4 Å². The number of rotatable bonds is 2. The molecular weight excluding hydrogens is 194 g/mol. The highest BCUT2D eigenvalue weighted by Gasteiger charge is 2.06. The molecular formula is C10H9N3S. The van der Waals surface area contributed by atoms with Crippen molar-refractivity contribution in [2.24, 2.45) is 9.98 Å². The van der Waals surface area contributed by atoms with E-state index in [4.69, 9.17) is 0 Å². The molecule has 2 rings (SSSR count). The minimum Gasteiger partial charge on any atom is -0.263 e. The SMILES string of the molecule is C=NC=Nc1c(C)sc2cnccc12. The predicted molar refractivity (Wildman–Crippen MR) is 62.1 cm³/mol. The van der Waals surface area contributed by atoms with Crippen LogP contribution in [0.5, 0.6) is 0 Å².